The number of hydrogen-bond donors (Lipinski definition) is 2. The van der Waals surface area contributed by atoms with E-state index in [-0.39, 0.29) is 18.1 Å². The number of likely N-dealkylation sites (tertiary alicyclic amines) is 1. The molecule has 3 aliphatic rings. The number of rotatable bonds is 7. The third-order valence-electron chi connectivity index (χ3n) is 6.57. The Morgan fingerprint density at radius 2 is 2.04 bits per heavy atom. The average Bonchev–Trinajstić information content (AvgIpc) is 3.30. The molecule has 0 radical (unpaired) electrons. The fourth-order valence-corrected chi connectivity index (χ4v) is 4.82. The Bertz CT molecular complexity index is 666. The van der Waals surface area contributed by atoms with Crippen molar-refractivity contribution in [2.75, 3.05) is 39.3 Å². The van der Waals surface area contributed by atoms with Crippen molar-refractivity contribution in [3.63, 3.8) is 0 Å². The van der Waals surface area contributed by atoms with Crippen molar-refractivity contribution in [2.24, 2.45) is 11.8 Å². The summed E-state index contributed by atoms with van der Waals surface area (Å²) in [5, 5.41) is 6.82. The molecule has 0 saturated carbocycles. The Morgan fingerprint density at radius 1 is 1.18 bits per heavy atom. The molecule has 3 saturated heterocycles. The Balaban J connectivity index is 1.22. The van der Waals surface area contributed by atoms with E-state index in [9.17, 15) is 9.18 Å². The van der Waals surface area contributed by atoms with Gasteiger partial charge in [-0.1, -0.05) is 6.07 Å². The van der Waals surface area contributed by atoms with Gasteiger partial charge in [0.15, 0.2) is 0 Å². The maximum Gasteiger partial charge on any atom is 0.227 e. The molecule has 1 aromatic rings. The quantitative estimate of drug-likeness (QED) is 0.703. The lowest BCUT2D eigenvalue weighted by atomic mass is 9.93. The summed E-state index contributed by atoms with van der Waals surface area (Å²) < 4.78 is 20.2. The summed E-state index contributed by atoms with van der Waals surface area (Å²) in [6, 6.07) is 5.34. The number of benzene rings is 1. The molecule has 0 bridgehead atoms. The summed E-state index contributed by atoms with van der Waals surface area (Å²) in [4.78, 5) is 14.4. The first-order valence-electron chi connectivity index (χ1n) is 10.8. The number of hydrogen-bond acceptors (Lipinski definition) is 4. The molecule has 1 aromatic carbocycles. The average molecular weight is 390 g/mol. The van der Waals surface area contributed by atoms with Crippen molar-refractivity contribution in [1.82, 2.24) is 15.5 Å². The molecule has 2 N–H and O–H groups in total. The van der Waals surface area contributed by atoms with Crippen LogP contribution >= 0.6 is 0 Å². The van der Waals surface area contributed by atoms with Crippen molar-refractivity contribution in [3.05, 3.63) is 29.6 Å². The minimum absolute atomic E-state index is 0.0192. The zero-order valence-corrected chi connectivity index (χ0v) is 16.6. The van der Waals surface area contributed by atoms with Crippen LogP contribution in [0.25, 0.3) is 0 Å². The van der Waals surface area contributed by atoms with Crippen molar-refractivity contribution < 1.29 is 13.9 Å². The maximum atomic E-state index is 14.5. The molecule has 3 heterocycles. The smallest absolute Gasteiger partial charge is 0.227 e. The molecule has 3 fully saturated rings. The van der Waals surface area contributed by atoms with E-state index in [4.69, 9.17) is 4.74 Å². The molecule has 6 heteroatoms. The fraction of sp³-hybridized carbons (Fsp3) is 0.682. The van der Waals surface area contributed by atoms with Crippen LogP contribution in [-0.2, 0) is 11.2 Å². The van der Waals surface area contributed by atoms with Crippen molar-refractivity contribution in [1.29, 1.82) is 0 Å². The molecule has 1 amide bonds. The van der Waals surface area contributed by atoms with Gasteiger partial charge in [-0.25, -0.2) is 4.39 Å². The highest BCUT2D eigenvalue weighted by molar-refractivity contribution is 5.79. The van der Waals surface area contributed by atoms with E-state index >= 15 is 0 Å². The zero-order valence-electron chi connectivity index (χ0n) is 16.6. The highest BCUT2D eigenvalue weighted by atomic mass is 19.1. The summed E-state index contributed by atoms with van der Waals surface area (Å²) in [7, 11) is 0. The second-order valence-electron chi connectivity index (χ2n) is 8.52. The molecule has 154 valence electrons. The van der Waals surface area contributed by atoms with E-state index < -0.39 is 0 Å². The molecule has 3 aliphatic heterocycles. The van der Waals surface area contributed by atoms with Gasteiger partial charge in [-0.3, -0.25) is 4.79 Å². The van der Waals surface area contributed by atoms with E-state index in [1.165, 1.54) is 25.3 Å². The lowest BCUT2D eigenvalue weighted by Gasteiger charge is -2.22. The molecular weight excluding hydrogens is 357 g/mol. The van der Waals surface area contributed by atoms with Crippen LogP contribution in [0, 0.1) is 17.7 Å². The van der Waals surface area contributed by atoms with Gasteiger partial charge in [0.1, 0.15) is 11.6 Å². The molecule has 0 aromatic heterocycles. The van der Waals surface area contributed by atoms with Crippen LogP contribution in [0.15, 0.2) is 18.2 Å². The third-order valence-corrected chi connectivity index (χ3v) is 6.57. The Morgan fingerprint density at radius 3 is 2.82 bits per heavy atom. The lowest BCUT2D eigenvalue weighted by molar-refractivity contribution is -0.129. The Hall–Kier alpha value is -1.66. The van der Waals surface area contributed by atoms with Gasteiger partial charge in [-0.15, -0.1) is 0 Å². The number of nitrogens with one attached hydrogen (secondary N) is 2. The van der Waals surface area contributed by atoms with Crippen LogP contribution in [0.2, 0.25) is 0 Å². The largest absolute Gasteiger partial charge is 0.493 e. The van der Waals surface area contributed by atoms with Crippen LogP contribution in [0.3, 0.4) is 0 Å². The Labute approximate surface area is 167 Å². The van der Waals surface area contributed by atoms with Gasteiger partial charge >= 0.3 is 0 Å². The van der Waals surface area contributed by atoms with Crippen LogP contribution in [0.4, 0.5) is 4.39 Å². The molecule has 5 nitrogen and oxygen atoms in total. The molecule has 28 heavy (non-hydrogen) atoms. The number of nitrogens with zero attached hydrogens (tertiary/aromatic N) is 1. The number of carbonyl (C=O) groups is 1. The van der Waals surface area contributed by atoms with Gasteiger partial charge < -0.3 is 20.3 Å². The second kappa shape index (κ2) is 9.23. The van der Waals surface area contributed by atoms with Crippen LogP contribution in [0.1, 0.15) is 37.7 Å². The first-order valence-corrected chi connectivity index (χ1v) is 10.8. The second-order valence-corrected chi connectivity index (χ2v) is 8.52. The Kier molecular flexibility index (Phi) is 6.47. The molecule has 2 unspecified atom stereocenters. The summed E-state index contributed by atoms with van der Waals surface area (Å²) in [5.74, 6) is 1.58. The van der Waals surface area contributed by atoms with Gasteiger partial charge in [0.2, 0.25) is 5.91 Å². The van der Waals surface area contributed by atoms with E-state index in [1.807, 2.05) is 4.90 Å². The van der Waals surface area contributed by atoms with Crippen molar-refractivity contribution in [2.45, 2.75) is 44.6 Å². The first kappa shape index (κ1) is 19.6. The maximum absolute atomic E-state index is 14.5. The van der Waals surface area contributed by atoms with Gasteiger partial charge in [-0.2, -0.15) is 0 Å². The van der Waals surface area contributed by atoms with Crippen molar-refractivity contribution in [3.8, 4) is 5.75 Å². The lowest BCUT2D eigenvalue weighted by Crippen LogP contribution is -2.34. The number of amides is 1. The summed E-state index contributed by atoms with van der Waals surface area (Å²) in [5.41, 5.74) is 0.456. The monoisotopic (exact) mass is 389 g/mol. The van der Waals surface area contributed by atoms with Gasteiger partial charge in [-0.05, 0) is 75.2 Å². The SMILES string of the molecule is O=C(Cc1ccc(OCCCC2CCNCC2)cc1F)N1CC2CCNC2C1. The van der Waals surface area contributed by atoms with Crippen LogP contribution in [0.5, 0.6) is 5.75 Å². The van der Waals surface area contributed by atoms with E-state index in [0.29, 0.717) is 29.9 Å². The van der Waals surface area contributed by atoms with E-state index in [1.54, 1.807) is 12.1 Å². The first-order chi connectivity index (χ1) is 13.7. The molecule has 4 rings (SSSR count). The highest BCUT2D eigenvalue weighted by Gasteiger charge is 2.37. The van der Waals surface area contributed by atoms with E-state index in [2.05, 4.69) is 10.6 Å². The van der Waals surface area contributed by atoms with Gasteiger partial charge in [0.05, 0.1) is 13.0 Å². The number of piperidine rings is 1. The van der Waals surface area contributed by atoms with Crippen LogP contribution < -0.4 is 15.4 Å². The normalized spacial score (nSPS) is 25.1. The van der Waals surface area contributed by atoms with E-state index in [0.717, 1.165) is 51.5 Å². The predicted molar refractivity (Wildman–Crippen MR) is 107 cm³/mol. The molecule has 0 aliphatic carbocycles. The van der Waals surface area contributed by atoms with Gasteiger partial charge in [0.25, 0.3) is 0 Å². The number of fused-ring (bicyclic) bond motifs is 1. The number of ether oxygens (including phenoxy) is 1. The predicted octanol–water partition coefficient (Wildman–Crippen LogP) is 2.35. The number of carbonyl (C=O) groups excluding carboxylic acids is 1. The molecule has 0 spiro atoms. The standard InChI is InChI=1S/C22H32FN3O2/c23-20-13-19(28-11-1-2-16-5-8-24-9-6-16)4-3-17(20)12-22(27)26-14-18-7-10-25-21(18)15-26/h3-4,13,16,18,21,24-25H,1-2,5-12,14-15H2. The molecule has 2 atom stereocenters. The highest BCUT2D eigenvalue weighted by Crippen LogP contribution is 2.26. The minimum Gasteiger partial charge on any atom is -0.493 e. The summed E-state index contributed by atoms with van der Waals surface area (Å²) >= 11 is 0. The van der Waals surface area contributed by atoms with Crippen LogP contribution in [-0.4, -0.2) is 56.2 Å². The molecular formula is C22H32FN3O2. The topological polar surface area (TPSA) is 53.6 Å². The summed E-state index contributed by atoms with van der Waals surface area (Å²) in [6.45, 7) is 5.45. The minimum atomic E-state index is -0.346. The van der Waals surface area contributed by atoms with Crippen molar-refractivity contribution >= 4 is 5.91 Å². The number of halogens is 1. The summed E-state index contributed by atoms with van der Waals surface area (Å²) in [6.07, 6.45) is 5.91. The fourth-order valence-electron chi connectivity index (χ4n) is 4.82. The third kappa shape index (κ3) is 4.84. The zero-order chi connectivity index (χ0) is 19.3. The van der Waals surface area contributed by atoms with Gasteiger partial charge in [0, 0.05) is 25.2 Å².